The van der Waals surface area contributed by atoms with E-state index in [2.05, 4.69) is 16.8 Å². The zero-order chi connectivity index (χ0) is 13.9. The van der Waals surface area contributed by atoms with Gasteiger partial charge in [0.1, 0.15) is 0 Å². The molecule has 0 saturated carbocycles. The van der Waals surface area contributed by atoms with Gasteiger partial charge < -0.3 is 10.5 Å². The van der Waals surface area contributed by atoms with Gasteiger partial charge >= 0.3 is 0 Å². The van der Waals surface area contributed by atoms with E-state index in [1.165, 1.54) is 0 Å². The van der Waals surface area contributed by atoms with Gasteiger partial charge in [0.05, 0.1) is 18.6 Å². The normalized spacial score (nSPS) is 19.1. The van der Waals surface area contributed by atoms with Gasteiger partial charge in [-0.15, -0.1) is 0 Å². The topological polar surface area (TPSA) is 75.2 Å². The highest BCUT2D eigenvalue weighted by Gasteiger charge is 2.32. The summed E-state index contributed by atoms with van der Waals surface area (Å²) in [5.74, 6) is 0.967. The highest BCUT2D eigenvalue weighted by molar-refractivity contribution is 5.83. The number of rotatable bonds is 4. The summed E-state index contributed by atoms with van der Waals surface area (Å²) < 4.78 is 5.13. The van der Waals surface area contributed by atoms with Crippen LogP contribution in [0.1, 0.15) is 25.5 Å². The summed E-state index contributed by atoms with van der Waals surface area (Å²) in [6.45, 7) is 4.81. The Morgan fingerprint density at radius 3 is 2.74 bits per heavy atom. The van der Waals surface area contributed by atoms with E-state index < -0.39 is 0 Å². The standard InChI is InChI=1S/C14H22N4O/c1-14(13(15)16)6-8-18(9-7-14)10-11-4-3-5-12(17-11)19-2/h3-5H,6-10H2,1-2H3,(H3,15,16). The van der Waals surface area contributed by atoms with Gasteiger partial charge in [-0.2, -0.15) is 0 Å². The van der Waals surface area contributed by atoms with Crippen LogP contribution in [0.2, 0.25) is 0 Å². The van der Waals surface area contributed by atoms with Crippen LogP contribution in [0.4, 0.5) is 0 Å². The molecule has 0 bridgehead atoms. The highest BCUT2D eigenvalue weighted by Crippen LogP contribution is 2.31. The molecule has 5 heteroatoms. The van der Waals surface area contributed by atoms with Crippen LogP contribution in [0, 0.1) is 10.8 Å². The maximum atomic E-state index is 7.66. The summed E-state index contributed by atoms with van der Waals surface area (Å²) in [6, 6.07) is 5.83. The molecule has 1 aliphatic rings. The molecule has 104 valence electrons. The van der Waals surface area contributed by atoms with E-state index in [9.17, 15) is 0 Å². The molecule has 0 atom stereocenters. The predicted molar refractivity (Wildman–Crippen MR) is 75.3 cm³/mol. The number of aromatic nitrogens is 1. The Kier molecular flexibility index (Phi) is 4.04. The first-order valence-electron chi connectivity index (χ1n) is 6.60. The van der Waals surface area contributed by atoms with E-state index in [0.717, 1.165) is 38.2 Å². The van der Waals surface area contributed by atoms with Crippen molar-refractivity contribution >= 4 is 5.84 Å². The average molecular weight is 262 g/mol. The summed E-state index contributed by atoms with van der Waals surface area (Å²) in [5.41, 5.74) is 6.57. The molecule has 1 aromatic rings. The summed E-state index contributed by atoms with van der Waals surface area (Å²) in [7, 11) is 1.63. The molecule has 0 amide bonds. The predicted octanol–water partition coefficient (Wildman–Crippen LogP) is 1.63. The van der Waals surface area contributed by atoms with E-state index in [1.54, 1.807) is 7.11 Å². The zero-order valence-corrected chi connectivity index (χ0v) is 11.6. The number of nitrogens with two attached hydrogens (primary N) is 1. The minimum Gasteiger partial charge on any atom is -0.481 e. The van der Waals surface area contributed by atoms with Gasteiger partial charge in [-0.3, -0.25) is 10.3 Å². The van der Waals surface area contributed by atoms with E-state index in [4.69, 9.17) is 15.9 Å². The van der Waals surface area contributed by atoms with Gasteiger partial charge in [-0.25, -0.2) is 4.98 Å². The quantitative estimate of drug-likeness (QED) is 0.639. The molecule has 0 aromatic carbocycles. The molecule has 3 N–H and O–H groups in total. The van der Waals surface area contributed by atoms with Crippen LogP contribution < -0.4 is 10.5 Å². The van der Waals surface area contributed by atoms with Crippen molar-refractivity contribution in [2.75, 3.05) is 20.2 Å². The number of nitrogens with one attached hydrogen (secondary N) is 1. The number of pyridine rings is 1. The molecular formula is C14H22N4O. The number of likely N-dealkylation sites (tertiary alicyclic amines) is 1. The monoisotopic (exact) mass is 262 g/mol. The van der Waals surface area contributed by atoms with E-state index >= 15 is 0 Å². The van der Waals surface area contributed by atoms with Crippen molar-refractivity contribution in [3.63, 3.8) is 0 Å². The Morgan fingerprint density at radius 1 is 1.47 bits per heavy atom. The fourth-order valence-corrected chi connectivity index (χ4v) is 2.36. The summed E-state index contributed by atoms with van der Waals surface area (Å²) in [4.78, 5) is 6.78. The largest absolute Gasteiger partial charge is 0.481 e. The van der Waals surface area contributed by atoms with Crippen molar-refractivity contribution in [1.82, 2.24) is 9.88 Å². The summed E-state index contributed by atoms with van der Waals surface area (Å²) in [5, 5.41) is 7.66. The van der Waals surface area contributed by atoms with E-state index in [1.807, 2.05) is 18.2 Å². The molecule has 1 saturated heterocycles. The van der Waals surface area contributed by atoms with Crippen LogP contribution in [-0.4, -0.2) is 35.9 Å². The molecule has 2 rings (SSSR count). The first kappa shape index (κ1) is 13.8. The average Bonchev–Trinajstić information content (AvgIpc) is 2.42. The zero-order valence-electron chi connectivity index (χ0n) is 11.6. The van der Waals surface area contributed by atoms with Crippen molar-refractivity contribution in [2.45, 2.75) is 26.3 Å². The number of methoxy groups -OCH3 is 1. The van der Waals surface area contributed by atoms with Crippen LogP contribution in [0.3, 0.4) is 0 Å². The smallest absolute Gasteiger partial charge is 0.213 e. The number of amidine groups is 1. The molecule has 0 radical (unpaired) electrons. The number of hydrogen-bond acceptors (Lipinski definition) is 4. The van der Waals surface area contributed by atoms with E-state index in [-0.39, 0.29) is 5.41 Å². The van der Waals surface area contributed by atoms with Gasteiger partial charge in [0.25, 0.3) is 0 Å². The van der Waals surface area contributed by atoms with Gasteiger partial charge in [0, 0.05) is 18.0 Å². The minimum absolute atomic E-state index is 0.127. The third-order valence-electron chi connectivity index (χ3n) is 3.99. The molecule has 0 spiro atoms. The second-order valence-electron chi connectivity index (χ2n) is 5.42. The SMILES string of the molecule is COc1cccc(CN2CCC(C)(C(=N)N)CC2)n1. The van der Waals surface area contributed by atoms with Gasteiger partial charge in [0.2, 0.25) is 5.88 Å². The first-order chi connectivity index (χ1) is 9.03. The highest BCUT2D eigenvalue weighted by atomic mass is 16.5. The summed E-state index contributed by atoms with van der Waals surface area (Å²) >= 11 is 0. The maximum absolute atomic E-state index is 7.66. The summed E-state index contributed by atoms with van der Waals surface area (Å²) in [6.07, 6.45) is 1.87. The molecule has 1 fully saturated rings. The third-order valence-corrected chi connectivity index (χ3v) is 3.99. The molecule has 1 aromatic heterocycles. The van der Waals surface area contributed by atoms with Crippen LogP contribution in [0.25, 0.3) is 0 Å². The van der Waals surface area contributed by atoms with Crippen molar-refractivity contribution in [3.8, 4) is 5.88 Å². The Hall–Kier alpha value is -1.62. The number of nitrogens with zero attached hydrogens (tertiary/aromatic N) is 2. The molecule has 2 heterocycles. The first-order valence-corrected chi connectivity index (χ1v) is 6.60. The lowest BCUT2D eigenvalue weighted by atomic mass is 9.79. The van der Waals surface area contributed by atoms with E-state index in [0.29, 0.717) is 11.7 Å². The second-order valence-corrected chi connectivity index (χ2v) is 5.42. The second kappa shape index (κ2) is 5.57. The van der Waals surface area contributed by atoms with Crippen molar-refractivity contribution in [1.29, 1.82) is 5.41 Å². The Bertz CT molecular complexity index is 453. The van der Waals surface area contributed by atoms with Crippen LogP contribution in [-0.2, 0) is 6.54 Å². The van der Waals surface area contributed by atoms with Crippen molar-refractivity contribution < 1.29 is 4.74 Å². The van der Waals surface area contributed by atoms with Crippen LogP contribution in [0.15, 0.2) is 18.2 Å². The maximum Gasteiger partial charge on any atom is 0.213 e. The van der Waals surface area contributed by atoms with Crippen LogP contribution in [0.5, 0.6) is 5.88 Å². The lowest BCUT2D eigenvalue weighted by molar-refractivity contribution is 0.154. The molecule has 19 heavy (non-hydrogen) atoms. The van der Waals surface area contributed by atoms with Gasteiger partial charge in [0.15, 0.2) is 0 Å². The third kappa shape index (κ3) is 3.23. The molecule has 5 nitrogen and oxygen atoms in total. The molecule has 0 unspecified atom stereocenters. The minimum atomic E-state index is -0.127. The van der Waals surface area contributed by atoms with Crippen molar-refractivity contribution in [2.24, 2.45) is 11.1 Å². The lowest BCUT2D eigenvalue weighted by Gasteiger charge is -2.38. The Balaban J connectivity index is 1.93. The fraction of sp³-hybridized carbons (Fsp3) is 0.571. The lowest BCUT2D eigenvalue weighted by Crippen LogP contribution is -2.44. The Morgan fingerprint density at radius 2 is 2.16 bits per heavy atom. The number of piperidine rings is 1. The van der Waals surface area contributed by atoms with Crippen LogP contribution >= 0.6 is 0 Å². The van der Waals surface area contributed by atoms with Gasteiger partial charge in [-0.1, -0.05) is 13.0 Å². The van der Waals surface area contributed by atoms with Gasteiger partial charge in [-0.05, 0) is 32.0 Å². The molecule has 0 aliphatic carbocycles. The fourth-order valence-electron chi connectivity index (χ4n) is 2.36. The number of hydrogen-bond donors (Lipinski definition) is 2. The molecular weight excluding hydrogens is 240 g/mol. The van der Waals surface area contributed by atoms with Crippen molar-refractivity contribution in [3.05, 3.63) is 23.9 Å². The molecule has 1 aliphatic heterocycles. The number of ether oxygens (including phenoxy) is 1. The Labute approximate surface area is 114 Å².